The lowest BCUT2D eigenvalue weighted by Gasteiger charge is -2.33. The van der Waals surface area contributed by atoms with Crippen LogP contribution in [-0.2, 0) is 17.9 Å². The zero-order chi connectivity index (χ0) is 23.6. The second-order valence-electron chi connectivity index (χ2n) is 7.73. The molecule has 2 heterocycles. The fourth-order valence-corrected chi connectivity index (χ4v) is 4.20. The predicted octanol–water partition coefficient (Wildman–Crippen LogP) is 0.975. The Morgan fingerprint density at radius 1 is 1.22 bits per heavy atom. The number of carbonyl (C=O) groups is 2. The fourth-order valence-electron chi connectivity index (χ4n) is 4.00. The third kappa shape index (κ3) is 4.61. The molecule has 1 fully saturated rings. The number of nitrogens with zero attached hydrogens (tertiary/aromatic N) is 3. The van der Waals surface area contributed by atoms with Crippen molar-refractivity contribution in [2.75, 3.05) is 18.8 Å². The number of ketones is 1. The Morgan fingerprint density at radius 3 is 2.56 bits per heavy atom. The van der Waals surface area contributed by atoms with Crippen LogP contribution in [0.3, 0.4) is 0 Å². The minimum atomic E-state index is -0.791. The Bertz CT molecular complexity index is 1180. The molecule has 1 aromatic heterocycles. The Hall–Kier alpha value is -2.98. The maximum Gasteiger partial charge on any atom is 0.332 e. The molecule has 1 aliphatic heterocycles. The van der Waals surface area contributed by atoms with Crippen LogP contribution in [0.4, 0.5) is 10.2 Å². The number of piperidine rings is 1. The smallest absolute Gasteiger partial charge is 0.332 e. The lowest BCUT2D eigenvalue weighted by atomic mass is 10.0. The van der Waals surface area contributed by atoms with Crippen LogP contribution in [0, 0.1) is 5.82 Å². The summed E-state index contributed by atoms with van der Waals surface area (Å²) >= 11 is 5.83. The van der Waals surface area contributed by atoms with Gasteiger partial charge in [-0.3, -0.25) is 28.4 Å². The van der Waals surface area contributed by atoms with Crippen LogP contribution in [0.2, 0.25) is 5.02 Å². The number of nitrogens with two attached hydrogens (primary N) is 2. The first-order valence-electron chi connectivity index (χ1n) is 10.3. The number of hydrogen-bond donors (Lipinski definition) is 2. The summed E-state index contributed by atoms with van der Waals surface area (Å²) in [4.78, 5) is 52.3. The first-order valence-corrected chi connectivity index (χ1v) is 10.7. The molecule has 1 atom stereocenters. The molecule has 0 bridgehead atoms. The van der Waals surface area contributed by atoms with Gasteiger partial charge in [-0.2, -0.15) is 0 Å². The lowest BCUT2D eigenvalue weighted by Crippen LogP contribution is -2.51. The highest BCUT2D eigenvalue weighted by molar-refractivity contribution is 6.30. The Kier molecular flexibility index (Phi) is 7.15. The van der Waals surface area contributed by atoms with Crippen LogP contribution < -0.4 is 22.7 Å². The number of aromatic nitrogens is 2. The summed E-state index contributed by atoms with van der Waals surface area (Å²) in [7, 11) is 0. The molecule has 3 rings (SSSR count). The van der Waals surface area contributed by atoms with Gasteiger partial charge in [0.2, 0.25) is 5.91 Å². The predicted molar refractivity (Wildman–Crippen MR) is 118 cm³/mol. The van der Waals surface area contributed by atoms with Gasteiger partial charge in [0, 0.05) is 6.54 Å². The third-order valence-electron chi connectivity index (χ3n) is 5.68. The van der Waals surface area contributed by atoms with Crippen molar-refractivity contribution in [3.05, 3.63) is 61.0 Å². The fraction of sp³-hybridized carbons (Fsp3) is 0.429. The number of Topliss-reactive ketones (excluding diaryl/α,β-unsaturated/α-hetero) is 1. The number of rotatable bonds is 7. The van der Waals surface area contributed by atoms with Crippen molar-refractivity contribution >= 4 is 29.1 Å². The monoisotopic (exact) mass is 465 g/mol. The van der Waals surface area contributed by atoms with E-state index in [2.05, 4.69) is 0 Å². The highest BCUT2D eigenvalue weighted by atomic mass is 35.5. The number of primary amides is 1. The number of benzene rings is 1. The first kappa shape index (κ1) is 23.7. The molecule has 0 radical (unpaired) electrons. The first-order chi connectivity index (χ1) is 15.1. The number of nitrogen functional groups attached to an aromatic ring is 1. The van der Waals surface area contributed by atoms with Crippen LogP contribution >= 0.6 is 11.6 Å². The van der Waals surface area contributed by atoms with Gasteiger partial charge in [0.05, 0.1) is 24.2 Å². The van der Waals surface area contributed by atoms with Crippen molar-refractivity contribution in [1.29, 1.82) is 0 Å². The van der Waals surface area contributed by atoms with E-state index < -0.39 is 34.8 Å². The van der Waals surface area contributed by atoms with E-state index in [1.165, 1.54) is 12.1 Å². The normalized spacial score (nSPS) is 16.8. The molecular formula is C21H25ClFN5O4. The zero-order valence-corrected chi connectivity index (χ0v) is 18.4. The number of likely N-dealkylation sites (tertiary alicyclic amines) is 1. The second kappa shape index (κ2) is 9.66. The molecule has 1 aromatic carbocycles. The quantitative estimate of drug-likeness (QED) is 0.585. The third-order valence-corrected chi connectivity index (χ3v) is 5.97. The Morgan fingerprint density at radius 2 is 1.94 bits per heavy atom. The molecule has 2 aromatic rings. The number of carbonyl (C=O) groups excluding carboxylic acids is 2. The van der Waals surface area contributed by atoms with Crippen molar-refractivity contribution < 1.29 is 14.0 Å². The second-order valence-corrected chi connectivity index (χ2v) is 8.14. The number of amides is 1. The van der Waals surface area contributed by atoms with Crippen LogP contribution in [0.5, 0.6) is 0 Å². The molecule has 11 heteroatoms. The average Bonchev–Trinajstić information content (AvgIpc) is 2.74. The molecule has 1 unspecified atom stereocenters. The van der Waals surface area contributed by atoms with Crippen molar-refractivity contribution in [3.8, 4) is 0 Å². The zero-order valence-electron chi connectivity index (χ0n) is 17.6. The molecule has 0 spiro atoms. The Balaban J connectivity index is 2.03. The van der Waals surface area contributed by atoms with E-state index in [1.54, 1.807) is 11.8 Å². The summed E-state index contributed by atoms with van der Waals surface area (Å²) in [5.41, 5.74) is 10.3. The maximum absolute atomic E-state index is 13.5. The average molecular weight is 466 g/mol. The highest BCUT2D eigenvalue weighted by Crippen LogP contribution is 2.19. The topological polar surface area (TPSA) is 133 Å². The van der Waals surface area contributed by atoms with Crippen molar-refractivity contribution in [2.45, 2.75) is 45.3 Å². The number of hydrogen-bond acceptors (Lipinski definition) is 6. The highest BCUT2D eigenvalue weighted by Gasteiger charge is 2.31. The van der Waals surface area contributed by atoms with Gasteiger partial charge >= 0.3 is 5.69 Å². The van der Waals surface area contributed by atoms with Gasteiger partial charge < -0.3 is 11.5 Å². The number of halogens is 2. The molecule has 0 saturated carbocycles. The molecule has 4 N–H and O–H groups in total. The van der Waals surface area contributed by atoms with Gasteiger partial charge in [-0.05, 0) is 44.0 Å². The van der Waals surface area contributed by atoms with E-state index in [4.69, 9.17) is 23.1 Å². The van der Waals surface area contributed by atoms with Gasteiger partial charge in [-0.25, -0.2) is 9.18 Å². The van der Waals surface area contributed by atoms with Crippen LogP contribution in [-0.4, -0.2) is 44.9 Å². The van der Waals surface area contributed by atoms with E-state index >= 15 is 0 Å². The molecule has 9 nitrogen and oxygen atoms in total. The summed E-state index contributed by atoms with van der Waals surface area (Å²) < 4.78 is 15.5. The van der Waals surface area contributed by atoms with Crippen LogP contribution in [0.25, 0.3) is 0 Å². The van der Waals surface area contributed by atoms with E-state index in [0.717, 1.165) is 28.0 Å². The van der Waals surface area contributed by atoms with E-state index in [-0.39, 0.29) is 36.0 Å². The molecule has 1 aliphatic rings. The van der Waals surface area contributed by atoms with Gasteiger partial charge in [-0.1, -0.05) is 24.1 Å². The van der Waals surface area contributed by atoms with E-state index in [9.17, 15) is 23.6 Å². The molecular weight excluding hydrogens is 441 g/mol. The van der Waals surface area contributed by atoms with E-state index in [1.807, 2.05) is 0 Å². The van der Waals surface area contributed by atoms with Gasteiger partial charge in [0.25, 0.3) is 5.56 Å². The van der Waals surface area contributed by atoms with E-state index in [0.29, 0.717) is 18.5 Å². The summed E-state index contributed by atoms with van der Waals surface area (Å²) in [6.45, 7) is 1.77. The Labute approximate surface area is 188 Å². The SMILES string of the molecule is CCn1c(=O)c(C(=O)CN2CCCCC2C(N)=O)c(N)n(Cc2ccc(F)c(Cl)c2)c1=O. The van der Waals surface area contributed by atoms with Crippen molar-refractivity contribution in [3.63, 3.8) is 0 Å². The minimum absolute atomic E-state index is 0.0238. The minimum Gasteiger partial charge on any atom is -0.384 e. The van der Waals surface area contributed by atoms with Gasteiger partial charge in [0.1, 0.15) is 17.2 Å². The largest absolute Gasteiger partial charge is 0.384 e. The van der Waals surface area contributed by atoms with Gasteiger partial charge in [-0.15, -0.1) is 0 Å². The molecule has 32 heavy (non-hydrogen) atoms. The molecule has 1 amide bonds. The molecule has 1 saturated heterocycles. The summed E-state index contributed by atoms with van der Waals surface area (Å²) in [6.07, 6.45) is 2.13. The number of anilines is 1. The standard InChI is InChI=1S/C21H25ClFN5O4/c1-2-27-20(31)17(16(29)11-26-8-4-3-5-15(26)19(25)30)18(24)28(21(27)32)10-12-6-7-14(23)13(22)9-12/h6-7,9,15H,2-5,8,10-11,24H2,1H3,(H2,25,30). The summed E-state index contributed by atoms with van der Waals surface area (Å²) in [5, 5.41) is -0.128. The van der Waals surface area contributed by atoms with Gasteiger partial charge in [0.15, 0.2) is 5.78 Å². The van der Waals surface area contributed by atoms with Crippen molar-refractivity contribution in [1.82, 2.24) is 14.0 Å². The van der Waals surface area contributed by atoms with Crippen molar-refractivity contribution in [2.24, 2.45) is 5.73 Å². The molecule has 0 aliphatic carbocycles. The van der Waals surface area contributed by atoms with Crippen LogP contribution in [0.15, 0.2) is 27.8 Å². The molecule has 172 valence electrons. The summed E-state index contributed by atoms with van der Waals surface area (Å²) in [6, 6.07) is 3.33. The maximum atomic E-state index is 13.5. The summed E-state index contributed by atoms with van der Waals surface area (Å²) in [5.74, 6) is -2.04. The lowest BCUT2D eigenvalue weighted by molar-refractivity contribution is -0.124. The van der Waals surface area contributed by atoms with Crippen LogP contribution in [0.1, 0.15) is 42.1 Å².